The van der Waals surface area contributed by atoms with Crippen molar-refractivity contribution in [2.45, 2.75) is 6.42 Å². The molecule has 1 aromatic heterocycles. The third-order valence-electron chi connectivity index (χ3n) is 4.09. The quantitative estimate of drug-likeness (QED) is 0.582. The number of halogens is 1. The summed E-state index contributed by atoms with van der Waals surface area (Å²) in [6, 6.07) is 10.9. The molecule has 2 amide bonds. The number of aromatic amines is 1. The van der Waals surface area contributed by atoms with Crippen molar-refractivity contribution >= 4 is 17.8 Å². The molecule has 9 nitrogen and oxygen atoms in total. The maximum atomic E-state index is 13.2. The fourth-order valence-corrected chi connectivity index (χ4v) is 2.74. The molecule has 2 aromatic carbocycles. The molecule has 3 aromatic rings. The van der Waals surface area contributed by atoms with Gasteiger partial charge in [-0.05, 0) is 35.9 Å². The number of nitrogens with zero attached hydrogens (tertiary/aromatic N) is 2. The van der Waals surface area contributed by atoms with Crippen LogP contribution in [0.2, 0.25) is 0 Å². The Morgan fingerprint density at radius 2 is 2.00 bits per heavy atom. The summed E-state index contributed by atoms with van der Waals surface area (Å²) in [5, 5.41) is 11.6. The van der Waals surface area contributed by atoms with Gasteiger partial charge >= 0.3 is 0 Å². The van der Waals surface area contributed by atoms with E-state index in [1.807, 2.05) is 0 Å². The van der Waals surface area contributed by atoms with Crippen molar-refractivity contribution in [3.05, 3.63) is 65.2 Å². The third kappa shape index (κ3) is 4.49. The Morgan fingerprint density at radius 1 is 1.14 bits per heavy atom. The Labute approximate surface area is 164 Å². The van der Waals surface area contributed by atoms with Gasteiger partial charge in [0.25, 0.3) is 5.91 Å². The lowest BCUT2D eigenvalue weighted by Gasteiger charge is -2.05. The Kier molecular flexibility index (Phi) is 5.06. The zero-order valence-corrected chi connectivity index (χ0v) is 15.1. The number of carbonyl (C=O) groups is 2. The van der Waals surface area contributed by atoms with Gasteiger partial charge in [0.1, 0.15) is 11.6 Å². The smallest absolute Gasteiger partial charge is 0.251 e. The molecule has 29 heavy (non-hydrogen) atoms. The van der Waals surface area contributed by atoms with Gasteiger partial charge in [-0.1, -0.05) is 12.1 Å². The van der Waals surface area contributed by atoms with Gasteiger partial charge in [0.2, 0.25) is 18.6 Å². The van der Waals surface area contributed by atoms with Crippen molar-refractivity contribution < 1.29 is 23.5 Å². The number of H-pyrrole nitrogens is 1. The first-order chi connectivity index (χ1) is 14.1. The molecule has 0 aliphatic carbocycles. The highest BCUT2D eigenvalue weighted by Gasteiger charge is 2.17. The summed E-state index contributed by atoms with van der Waals surface area (Å²) in [7, 11) is 0. The molecular formula is C19H16FN5O4. The zero-order valence-electron chi connectivity index (χ0n) is 15.1. The number of anilines is 1. The van der Waals surface area contributed by atoms with Crippen LogP contribution in [-0.2, 0) is 11.2 Å². The second kappa shape index (κ2) is 7.97. The summed E-state index contributed by atoms with van der Waals surface area (Å²) < 4.78 is 23.6. The number of ether oxygens (including phenoxy) is 2. The number of hydrogen-bond donors (Lipinski definition) is 3. The molecule has 2 heterocycles. The molecule has 0 saturated heterocycles. The van der Waals surface area contributed by atoms with Crippen LogP contribution in [0.25, 0.3) is 0 Å². The van der Waals surface area contributed by atoms with E-state index in [1.54, 1.807) is 30.3 Å². The number of carbonyl (C=O) groups excluding carboxylic acids is 2. The summed E-state index contributed by atoms with van der Waals surface area (Å²) in [5.41, 5.74) is 1.06. The van der Waals surface area contributed by atoms with Gasteiger partial charge in [-0.2, -0.15) is 4.98 Å². The minimum absolute atomic E-state index is 0.0683. The van der Waals surface area contributed by atoms with E-state index < -0.39 is 11.8 Å². The Balaban J connectivity index is 1.28. The standard InChI is InChI=1S/C19H16FN5O4/c20-13-3-1-2-11(6-13)7-16-22-19(25-24-16)23-17(26)9-21-18(27)12-4-5-14-15(8-12)29-10-28-14/h1-6,8H,7,9-10H2,(H,21,27)(H2,22,23,24,25,26). The third-order valence-corrected chi connectivity index (χ3v) is 4.09. The van der Waals surface area contributed by atoms with Crippen LogP contribution in [-0.4, -0.2) is 40.3 Å². The van der Waals surface area contributed by atoms with Crippen LogP contribution >= 0.6 is 0 Å². The lowest BCUT2D eigenvalue weighted by atomic mass is 10.1. The maximum Gasteiger partial charge on any atom is 0.251 e. The monoisotopic (exact) mass is 397 g/mol. The van der Waals surface area contributed by atoms with E-state index in [2.05, 4.69) is 25.8 Å². The fraction of sp³-hybridized carbons (Fsp3) is 0.158. The molecule has 0 fully saturated rings. The van der Waals surface area contributed by atoms with Crippen LogP contribution in [0.4, 0.5) is 10.3 Å². The van der Waals surface area contributed by atoms with Gasteiger partial charge in [0.15, 0.2) is 11.5 Å². The molecular weight excluding hydrogens is 381 g/mol. The average molecular weight is 397 g/mol. The number of hydrogen-bond acceptors (Lipinski definition) is 6. The molecule has 1 aliphatic rings. The fourth-order valence-electron chi connectivity index (χ4n) is 2.74. The number of benzene rings is 2. The Morgan fingerprint density at radius 3 is 2.86 bits per heavy atom. The van der Waals surface area contributed by atoms with E-state index in [0.29, 0.717) is 29.3 Å². The topological polar surface area (TPSA) is 118 Å². The zero-order chi connectivity index (χ0) is 20.2. The van der Waals surface area contributed by atoms with Crippen molar-refractivity contribution in [3.63, 3.8) is 0 Å². The van der Waals surface area contributed by atoms with Crippen LogP contribution < -0.4 is 20.1 Å². The SMILES string of the molecule is O=C(CNC(=O)c1ccc2c(c1)OCO2)Nc1n[nH]c(Cc2cccc(F)c2)n1. The predicted octanol–water partition coefficient (Wildman–Crippen LogP) is 1.63. The molecule has 0 radical (unpaired) electrons. The van der Waals surface area contributed by atoms with Crippen molar-refractivity contribution in [1.29, 1.82) is 0 Å². The van der Waals surface area contributed by atoms with E-state index in [-0.39, 0.29) is 25.1 Å². The first-order valence-electron chi connectivity index (χ1n) is 8.70. The normalized spacial score (nSPS) is 11.9. The first-order valence-corrected chi connectivity index (χ1v) is 8.70. The Hall–Kier alpha value is -3.95. The van der Waals surface area contributed by atoms with E-state index in [9.17, 15) is 14.0 Å². The van der Waals surface area contributed by atoms with Crippen LogP contribution in [0.15, 0.2) is 42.5 Å². The van der Waals surface area contributed by atoms with E-state index in [0.717, 1.165) is 5.56 Å². The highest BCUT2D eigenvalue weighted by atomic mass is 19.1. The lowest BCUT2D eigenvalue weighted by molar-refractivity contribution is -0.115. The van der Waals surface area contributed by atoms with Gasteiger partial charge in [0.05, 0.1) is 6.54 Å². The number of rotatable bonds is 6. The summed E-state index contributed by atoms with van der Waals surface area (Å²) in [6.45, 7) is -0.151. The van der Waals surface area contributed by atoms with Crippen molar-refractivity contribution in [2.75, 3.05) is 18.7 Å². The number of fused-ring (bicyclic) bond motifs is 1. The molecule has 4 rings (SSSR count). The molecule has 0 saturated carbocycles. The van der Waals surface area contributed by atoms with Crippen LogP contribution in [0.1, 0.15) is 21.7 Å². The van der Waals surface area contributed by atoms with Crippen molar-refractivity contribution in [3.8, 4) is 11.5 Å². The molecule has 148 valence electrons. The minimum Gasteiger partial charge on any atom is -0.454 e. The van der Waals surface area contributed by atoms with Crippen molar-refractivity contribution in [1.82, 2.24) is 20.5 Å². The largest absolute Gasteiger partial charge is 0.454 e. The molecule has 3 N–H and O–H groups in total. The number of amides is 2. The van der Waals surface area contributed by atoms with Crippen molar-refractivity contribution in [2.24, 2.45) is 0 Å². The second-order valence-corrected chi connectivity index (χ2v) is 6.21. The highest BCUT2D eigenvalue weighted by molar-refractivity contribution is 5.99. The van der Waals surface area contributed by atoms with Crippen LogP contribution in [0.5, 0.6) is 11.5 Å². The lowest BCUT2D eigenvalue weighted by Crippen LogP contribution is -2.33. The van der Waals surface area contributed by atoms with Gasteiger partial charge in [-0.25, -0.2) is 4.39 Å². The van der Waals surface area contributed by atoms with E-state index >= 15 is 0 Å². The van der Waals surface area contributed by atoms with Crippen LogP contribution in [0, 0.1) is 5.82 Å². The molecule has 10 heteroatoms. The minimum atomic E-state index is -0.490. The Bertz CT molecular complexity index is 1070. The number of aromatic nitrogens is 3. The predicted molar refractivity (Wildman–Crippen MR) is 99.1 cm³/mol. The molecule has 0 bridgehead atoms. The van der Waals surface area contributed by atoms with Gasteiger partial charge in [-0.15, -0.1) is 5.10 Å². The average Bonchev–Trinajstić information content (AvgIpc) is 3.34. The summed E-state index contributed by atoms with van der Waals surface area (Å²) in [5.74, 6) is 0.324. The second-order valence-electron chi connectivity index (χ2n) is 6.21. The first kappa shape index (κ1) is 18.4. The molecule has 0 atom stereocenters. The van der Waals surface area contributed by atoms with Gasteiger partial charge < -0.3 is 14.8 Å². The summed E-state index contributed by atoms with van der Waals surface area (Å²) in [4.78, 5) is 28.3. The molecule has 0 spiro atoms. The van der Waals surface area contributed by atoms with Gasteiger partial charge in [-0.3, -0.25) is 20.0 Å². The summed E-state index contributed by atoms with van der Waals surface area (Å²) >= 11 is 0. The molecule has 1 aliphatic heterocycles. The molecule has 0 unspecified atom stereocenters. The maximum absolute atomic E-state index is 13.2. The summed E-state index contributed by atoms with van der Waals surface area (Å²) in [6.07, 6.45) is 0.335. The van der Waals surface area contributed by atoms with E-state index in [1.165, 1.54) is 12.1 Å². The highest BCUT2D eigenvalue weighted by Crippen LogP contribution is 2.32. The van der Waals surface area contributed by atoms with Gasteiger partial charge in [0, 0.05) is 12.0 Å². The number of nitrogens with one attached hydrogen (secondary N) is 3. The van der Waals surface area contributed by atoms with Crippen LogP contribution in [0.3, 0.4) is 0 Å². The van der Waals surface area contributed by atoms with E-state index in [4.69, 9.17) is 9.47 Å².